The quantitative estimate of drug-likeness (QED) is 0.845. The Morgan fingerprint density at radius 3 is 2.47 bits per heavy atom. The van der Waals surface area contributed by atoms with Gasteiger partial charge < -0.3 is 9.84 Å². The SMILES string of the molecule is CCc1c(C)cc(C(=O)O)c(OCCC(C)C)c1C. The molecule has 0 saturated carbocycles. The molecule has 0 bridgehead atoms. The molecule has 0 aromatic heterocycles. The van der Waals surface area contributed by atoms with Gasteiger partial charge in [0, 0.05) is 0 Å². The molecule has 106 valence electrons. The molecule has 0 heterocycles. The van der Waals surface area contributed by atoms with Gasteiger partial charge in [-0.05, 0) is 55.4 Å². The van der Waals surface area contributed by atoms with E-state index in [1.165, 1.54) is 5.56 Å². The minimum Gasteiger partial charge on any atom is -0.492 e. The monoisotopic (exact) mass is 264 g/mol. The van der Waals surface area contributed by atoms with E-state index in [9.17, 15) is 9.90 Å². The number of carboxylic acid groups (broad SMARTS) is 1. The summed E-state index contributed by atoms with van der Waals surface area (Å²) < 4.78 is 5.76. The molecule has 0 unspecified atom stereocenters. The second kappa shape index (κ2) is 6.60. The van der Waals surface area contributed by atoms with Crippen LogP contribution in [0.2, 0.25) is 0 Å². The second-order valence-electron chi connectivity index (χ2n) is 5.36. The molecule has 1 rings (SSSR count). The minimum atomic E-state index is -0.923. The van der Waals surface area contributed by atoms with Crippen molar-refractivity contribution in [1.82, 2.24) is 0 Å². The van der Waals surface area contributed by atoms with Crippen molar-refractivity contribution in [3.05, 3.63) is 28.3 Å². The van der Waals surface area contributed by atoms with Crippen LogP contribution in [0.4, 0.5) is 0 Å². The van der Waals surface area contributed by atoms with Crippen molar-refractivity contribution in [2.24, 2.45) is 5.92 Å². The van der Waals surface area contributed by atoms with Gasteiger partial charge in [-0.1, -0.05) is 20.8 Å². The summed E-state index contributed by atoms with van der Waals surface area (Å²) >= 11 is 0. The molecular weight excluding hydrogens is 240 g/mol. The predicted molar refractivity (Wildman–Crippen MR) is 77.2 cm³/mol. The fourth-order valence-corrected chi connectivity index (χ4v) is 2.29. The standard InChI is InChI=1S/C16H24O3/c1-6-13-11(4)9-14(16(17)18)15(12(13)5)19-8-7-10(2)3/h9-10H,6-8H2,1-5H3,(H,17,18). The van der Waals surface area contributed by atoms with E-state index in [2.05, 4.69) is 20.8 Å². The van der Waals surface area contributed by atoms with Crippen LogP contribution >= 0.6 is 0 Å². The van der Waals surface area contributed by atoms with Gasteiger partial charge in [0.25, 0.3) is 0 Å². The topological polar surface area (TPSA) is 46.5 Å². The molecule has 0 fully saturated rings. The van der Waals surface area contributed by atoms with Gasteiger partial charge in [-0.15, -0.1) is 0 Å². The number of carbonyl (C=O) groups is 1. The van der Waals surface area contributed by atoms with Crippen LogP contribution in [0.25, 0.3) is 0 Å². The third-order valence-electron chi connectivity index (χ3n) is 3.40. The lowest BCUT2D eigenvalue weighted by atomic mass is 9.96. The Hall–Kier alpha value is -1.51. The molecular formula is C16H24O3. The number of carboxylic acids is 1. The van der Waals surface area contributed by atoms with Crippen LogP contribution in [-0.2, 0) is 6.42 Å². The summed E-state index contributed by atoms with van der Waals surface area (Å²) in [5.74, 6) is 0.161. The molecule has 0 aliphatic rings. The normalized spacial score (nSPS) is 10.8. The van der Waals surface area contributed by atoms with Gasteiger partial charge in [-0.3, -0.25) is 0 Å². The smallest absolute Gasteiger partial charge is 0.339 e. The molecule has 0 saturated heterocycles. The van der Waals surface area contributed by atoms with Gasteiger partial charge in [0.15, 0.2) is 0 Å². The number of aromatic carboxylic acids is 1. The Morgan fingerprint density at radius 2 is 2.00 bits per heavy atom. The van der Waals surface area contributed by atoms with E-state index < -0.39 is 5.97 Å². The molecule has 0 radical (unpaired) electrons. The van der Waals surface area contributed by atoms with Crippen LogP contribution in [-0.4, -0.2) is 17.7 Å². The second-order valence-corrected chi connectivity index (χ2v) is 5.36. The van der Waals surface area contributed by atoms with Crippen molar-refractivity contribution in [2.75, 3.05) is 6.61 Å². The highest BCUT2D eigenvalue weighted by atomic mass is 16.5. The van der Waals surface area contributed by atoms with E-state index in [-0.39, 0.29) is 5.56 Å². The Balaban J connectivity index is 3.14. The summed E-state index contributed by atoms with van der Waals surface area (Å²) in [4.78, 5) is 11.3. The lowest BCUT2D eigenvalue weighted by Gasteiger charge is -2.17. The zero-order chi connectivity index (χ0) is 14.6. The molecule has 3 heteroatoms. The minimum absolute atomic E-state index is 0.274. The average molecular weight is 264 g/mol. The molecule has 1 aromatic rings. The molecule has 0 amide bonds. The first kappa shape index (κ1) is 15.5. The maximum absolute atomic E-state index is 11.3. The van der Waals surface area contributed by atoms with Gasteiger partial charge >= 0.3 is 5.97 Å². The maximum Gasteiger partial charge on any atom is 0.339 e. The zero-order valence-electron chi connectivity index (χ0n) is 12.5. The first-order valence-electron chi connectivity index (χ1n) is 6.87. The van der Waals surface area contributed by atoms with E-state index in [1.54, 1.807) is 6.07 Å². The number of rotatable bonds is 6. The van der Waals surface area contributed by atoms with Crippen LogP contribution in [0.15, 0.2) is 6.07 Å². The number of ether oxygens (including phenoxy) is 1. The Kier molecular flexibility index (Phi) is 5.40. The van der Waals surface area contributed by atoms with Gasteiger partial charge in [0.1, 0.15) is 11.3 Å². The number of hydrogen-bond acceptors (Lipinski definition) is 2. The van der Waals surface area contributed by atoms with E-state index >= 15 is 0 Å². The molecule has 1 aromatic carbocycles. The summed E-state index contributed by atoms with van der Waals surface area (Å²) in [6.45, 7) is 10.8. The molecule has 3 nitrogen and oxygen atoms in total. The summed E-state index contributed by atoms with van der Waals surface area (Å²) in [5.41, 5.74) is 3.44. The van der Waals surface area contributed by atoms with E-state index in [1.807, 2.05) is 13.8 Å². The molecule has 1 N–H and O–H groups in total. The highest BCUT2D eigenvalue weighted by Crippen LogP contribution is 2.30. The fraction of sp³-hybridized carbons (Fsp3) is 0.562. The third kappa shape index (κ3) is 3.72. The molecule has 0 aliphatic carbocycles. The number of aryl methyl sites for hydroxylation is 1. The van der Waals surface area contributed by atoms with Crippen LogP contribution in [0, 0.1) is 19.8 Å². The van der Waals surface area contributed by atoms with E-state index in [0.29, 0.717) is 18.3 Å². The van der Waals surface area contributed by atoms with Crippen LogP contribution in [0.5, 0.6) is 5.75 Å². The Bertz CT molecular complexity index is 462. The molecule has 0 atom stereocenters. The van der Waals surface area contributed by atoms with Gasteiger partial charge in [0.2, 0.25) is 0 Å². The van der Waals surface area contributed by atoms with Gasteiger partial charge in [-0.25, -0.2) is 4.79 Å². The largest absolute Gasteiger partial charge is 0.492 e. The summed E-state index contributed by atoms with van der Waals surface area (Å²) in [5, 5.41) is 9.31. The number of hydrogen-bond donors (Lipinski definition) is 1. The van der Waals surface area contributed by atoms with Crippen LogP contribution in [0.3, 0.4) is 0 Å². The van der Waals surface area contributed by atoms with Crippen LogP contribution in [0.1, 0.15) is 54.2 Å². The van der Waals surface area contributed by atoms with Crippen molar-refractivity contribution >= 4 is 5.97 Å². The van der Waals surface area contributed by atoms with Gasteiger partial charge in [-0.2, -0.15) is 0 Å². The maximum atomic E-state index is 11.3. The first-order chi connectivity index (χ1) is 8.88. The number of benzene rings is 1. The third-order valence-corrected chi connectivity index (χ3v) is 3.40. The van der Waals surface area contributed by atoms with Crippen molar-refractivity contribution in [3.8, 4) is 5.75 Å². The molecule has 0 spiro atoms. The average Bonchev–Trinajstić information content (AvgIpc) is 2.31. The zero-order valence-corrected chi connectivity index (χ0v) is 12.5. The van der Waals surface area contributed by atoms with Crippen molar-refractivity contribution in [3.63, 3.8) is 0 Å². The van der Waals surface area contributed by atoms with Crippen molar-refractivity contribution in [2.45, 2.75) is 47.5 Å². The van der Waals surface area contributed by atoms with E-state index in [0.717, 1.165) is 24.0 Å². The van der Waals surface area contributed by atoms with Gasteiger partial charge in [0.05, 0.1) is 6.61 Å². The summed E-state index contributed by atoms with van der Waals surface area (Å²) in [6.07, 6.45) is 1.81. The highest BCUT2D eigenvalue weighted by molar-refractivity contribution is 5.92. The predicted octanol–water partition coefficient (Wildman–Crippen LogP) is 3.99. The lowest BCUT2D eigenvalue weighted by molar-refractivity contribution is 0.0691. The summed E-state index contributed by atoms with van der Waals surface area (Å²) in [6, 6.07) is 1.72. The summed E-state index contributed by atoms with van der Waals surface area (Å²) in [7, 11) is 0. The van der Waals surface area contributed by atoms with Crippen LogP contribution < -0.4 is 4.74 Å². The Labute approximate surface area is 115 Å². The fourth-order valence-electron chi connectivity index (χ4n) is 2.29. The molecule has 19 heavy (non-hydrogen) atoms. The Morgan fingerprint density at radius 1 is 1.37 bits per heavy atom. The first-order valence-corrected chi connectivity index (χ1v) is 6.87. The van der Waals surface area contributed by atoms with E-state index in [4.69, 9.17) is 4.74 Å². The van der Waals surface area contributed by atoms with Crippen molar-refractivity contribution in [1.29, 1.82) is 0 Å². The highest BCUT2D eigenvalue weighted by Gasteiger charge is 2.18. The lowest BCUT2D eigenvalue weighted by Crippen LogP contribution is -2.10. The van der Waals surface area contributed by atoms with Crippen molar-refractivity contribution < 1.29 is 14.6 Å². The molecule has 0 aliphatic heterocycles.